The van der Waals surface area contributed by atoms with E-state index in [-0.39, 0.29) is 11.6 Å². The average Bonchev–Trinajstić information content (AvgIpc) is 3.42. The van der Waals surface area contributed by atoms with Gasteiger partial charge in [0.1, 0.15) is 23.4 Å². The molecule has 0 unspecified atom stereocenters. The minimum atomic E-state index is -0.586. The van der Waals surface area contributed by atoms with Gasteiger partial charge in [-0.15, -0.1) is 0 Å². The van der Waals surface area contributed by atoms with Crippen molar-refractivity contribution in [3.63, 3.8) is 0 Å². The predicted octanol–water partition coefficient (Wildman–Crippen LogP) is 2.78. The van der Waals surface area contributed by atoms with Gasteiger partial charge in [0.15, 0.2) is 0 Å². The van der Waals surface area contributed by atoms with Crippen molar-refractivity contribution in [2.24, 2.45) is 14.1 Å². The van der Waals surface area contributed by atoms with Crippen molar-refractivity contribution in [3.05, 3.63) is 77.6 Å². The largest absolute Gasteiger partial charge is 0.350 e. The summed E-state index contributed by atoms with van der Waals surface area (Å²) in [6, 6.07) is 6.89. The summed E-state index contributed by atoms with van der Waals surface area (Å²) in [6.07, 6.45) is 5.08. The Labute approximate surface area is 166 Å². The highest BCUT2D eigenvalue weighted by atomic mass is 19.1. The molecule has 29 heavy (non-hydrogen) atoms. The molecule has 1 aromatic carbocycles. The van der Waals surface area contributed by atoms with Crippen LogP contribution in [0.1, 0.15) is 33.7 Å². The summed E-state index contributed by atoms with van der Waals surface area (Å²) in [5.74, 6) is -0.148. The minimum absolute atomic E-state index is 0.0598. The van der Waals surface area contributed by atoms with Crippen LogP contribution in [-0.4, -0.2) is 30.4 Å². The van der Waals surface area contributed by atoms with E-state index in [2.05, 4.69) is 20.6 Å². The molecule has 8 nitrogen and oxygen atoms in total. The van der Waals surface area contributed by atoms with Crippen LogP contribution >= 0.6 is 0 Å². The van der Waals surface area contributed by atoms with E-state index in [1.807, 2.05) is 21.0 Å². The predicted molar refractivity (Wildman–Crippen MR) is 102 cm³/mol. The third-order valence-electron chi connectivity index (χ3n) is 4.84. The number of benzene rings is 1. The van der Waals surface area contributed by atoms with Gasteiger partial charge in [0.25, 0.3) is 5.91 Å². The third kappa shape index (κ3) is 3.54. The van der Waals surface area contributed by atoms with Gasteiger partial charge >= 0.3 is 0 Å². The first-order chi connectivity index (χ1) is 13.9. The number of nitrogens with zero attached hydrogens (tertiary/aromatic N) is 5. The molecule has 0 spiro atoms. The maximum absolute atomic E-state index is 13.4. The summed E-state index contributed by atoms with van der Waals surface area (Å²) in [5, 5.41) is 11.1. The van der Waals surface area contributed by atoms with Crippen molar-refractivity contribution >= 4 is 5.91 Å². The number of halogens is 1. The van der Waals surface area contributed by atoms with E-state index >= 15 is 0 Å². The third-order valence-corrected chi connectivity index (χ3v) is 4.84. The first-order valence-electron chi connectivity index (χ1n) is 8.93. The lowest BCUT2D eigenvalue weighted by atomic mass is 10.1. The second-order valence-corrected chi connectivity index (χ2v) is 6.70. The smallest absolute Gasteiger partial charge is 0.290 e. The number of carbonyl (C=O) groups is 1. The molecule has 0 radical (unpaired) electrons. The van der Waals surface area contributed by atoms with Crippen molar-refractivity contribution in [2.45, 2.75) is 13.0 Å². The molecule has 0 bridgehead atoms. The number of amides is 1. The second-order valence-electron chi connectivity index (χ2n) is 6.70. The fourth-order valence-electron chi connectivity index (χ4n) is 3.07. The zero-order valence-corrected chi connectivity index (χ0v) is 16.1. The highest BCUT2D eigenvalue weighted by molar-refractivity contribution is 5.92. The fraction of sp³-hybridized carbons (Fsp3) is 0.200. The Bertz CT molecular complexity index is 1160. The summed E-state index contributed by atoms with van der Waals surface area (Å²) in [5.41, 5.74) is 2.91. The van der Waals surface area contributed by atoms with Gasteiger partial charge in [-0.05, 0) is 24.6 Å². The van der Waals surface area contributed by atoms with Gasteiger partial charge in [-0.3, -0.25) is 9.48 Å². The molecule has 3 aromatic heterocycles. The number of nitrogens with one attached hydrogen (secondary N) is 1. The zero-order chi connectivity index (χ0) is 20.5. The first-order valence-corrected chi connectivity index (χ1v) is 8.93. The number of carbonyl (C=O) groups excluding carboxylic acids is 1. The Balaban J connectivity index is 1.63. The summed E-state index contributed by atoms with van der Waals surface area (Å²) in [4.78, 5) is 17.2. The highest BCUT2D eigenvalue weighted by Gasteiger charge is 2.24. The molecular formula is C20H19FN6O2. The SMILES string of the molecule is Cc1c(-c2cc(C(=O)N[C@H](c3ccc(F)cc3)c3nccn3C)on2)cnn1C. The molecule has 4 aromatic rings. The number of hydrogen-bond donors (Lipinski definition) is 1. The van der Waals surface area contributed by atoms with Gasteiger partial charge in [-0.1, -0.05) is 17.3 Å². The van der Waals surface area contributed by atoms with E-state index in [9.17, 15) is 9.18 Å². The van der Waals surface area contributed by atoms with Crippen molar-refractivity contribution in [3.8, 4) is 11.3 Å². The quantitative estimate of drug-likeness (QED) is 0.562. The summed E-state index contributed by atoms with van der Waals surface area (Å²) in [6.45, 7) is 1.91. The van der Waals surface area contributed by atoms with Crippen LogP contribution in [0, 0.1) is 12.7 Å². The van der Waals surface area contributed by atoms with Gasteiger partial charge in [0.2, 0.25) is 5.76 Å². The monoisotopic (exact) mass is 394 g/mol. The van der Waals surface area contributed by atoms with Crippen molar-refractivity contribution in [2.75, 3.05) is 0 Å². The first kappa shape index (κ1) is 18.6. The molecule has 4 rings (SSSR count). The normalized spacial score (nSPS) is 12.1. The maximum Gasteiger partial charge on any atom is 0.290 e. The second kappa shape index (κ2) is 7.34. The Morgan fingerprint density at radius 2 is 2.00 bits per heavy atom. The summed E-state index contributed by atoms with van der Waals surface area (Å²) < 4.78 is 22.1. The number of aryl methyl sites for hydroxylation is 2. The molecule has 9 heteroatoms. The van der Waals surface area contributed by atoms with Crippen molar-refractivity contribution in [1.29, 1.82) is 0 Å². The summed E-state index contributed by atoms with van der Waals surface area (Å²) in [7, 11) is 3.65. The molecule has 0 fully saturated rings. The maximum atomic E-state index is 13.4. The lowest BCUT2D eigenvalue weighted by molar-refractivity contribution is 0.0904. The molecular weight excluding hydrogens is 375 g/mol. The van der Waals surface area contributed by atoms with Crippen LogP contribution in [0.2, 0.25) is 0 Å². The molecule has 0 saturated carbocycles. The molecule has 0 aliphatic rings. The van der Waals surface area contributed by atoms with E-state index in [1.54, 1.807) is 46.0 Å². The van der Waals surface area contributed by atoms with Crippen LogP contribution in [0.5, 0.6) is 0 Å². The number of aromatic nitrogens is 5. The van der Waals surface area contributed by atoms with Gasteiger partial charge in [-0.25, -0.2) is 9.37 Å². The van der Waals surface area contributed by atoms with Crippen LogP contribution in [0.4, 0.5) is 4.39 Å². The minimum Gasteiger partial charge on any atom is -0.350 e. The molecule has 3 heterocycles. The van der Waals surface area contributed by atoms with Crippen LogP contribution < -0.4 is 5.32 Å². The molecule has 1 atom stereocenters. The Hall–Kier alpha value is -3.75. The van der Waals surface area contributed by atoms with Crippen LogP contribution in [0.3, 0.4) is 0 Å². The Kier molecular flexibility index (Phi) is 4.71. The van der Waals surface area contributed by atoms with Crippen molar-refractivity contribution < 1.29 is 13.7 Å². The number of hydrogen-bond acceptors (Lipinski definition) is 5. The molecule has 0 aliphatic carbocycles. The van der Waals surface area contributed by atoms with E-state index in [0.29, 0.717) is 17.1 Å². The van der Waals surface area contributed by atoms with Crippen LogP contribution in [0.25, 0.3) is 11.3 Å². The van der Waals surface area contributed by atoms with Crippen LogP contribution in [-0.2, 0) is 14.1 Å². The van der Waals surface area contributed by atoms with E-state index in [1.165, 1.54) is 12.1 Å². The molecule has 1 amide bonds. The van der Waals surface area contributed by atoms with Gasteiger partial charge in [0, 0.05) is 43.8 Å². The molecule has 0 aliphatic heterocycles. The standard InChI is InChI=1S/C20H19FN6O2/c1-12-15(11-23-27(12)3)16-10-17(29-25-16)20(28)24-18(19-22-8-9-26(19)2)13-4-6-14(21)7-5-13/h4-11,18H,1-3H3,(H,24,28)/t18-/m1/s1. The lowest BCUT2D eigenvalue weighted by Gasteiger charge is -2.18. The van der Waals surface area contributed by atoms with E-state index < -0.39 is 11.9 Å². The topological polar surface area (TPSA) is 90.8 Å². The fourth-order valence-corrected chi connectivity index (χ4v) is 3.07. The summed E-state index contributed by atoms with van der Waals surface area (Å²) >= 11 is 0. The Morgan fingerprint density at radius 3 is 2.62 bits per heavy atom. The lowest BCUT2D eigenvalue weighted by Crippen LogP contribution is -2.30. The van der Waals surface area contributed by atoms with Crippen molar-refractivity contribution in [1.82, 2.24) is 29.8 Å². The highest BCUT2D eigenvalue weighted by Crippen LogP contribution is 2.24. The Morgan fingerprint density at radius 1 is 1.24 bits per heavy atom. The molecule has 1 N–H and O–H groups in total. The van der Waals surface area contributed by atoms with E-state index in [4.69, 9.17) is 4.52 Å². The average molecular weight is 394 g/mol. The van der Waals surface area contributed by atoms with Crippen LogP contribution in [0.15, 0.2) is 53.4 Å². The zero-order valence-electron chi connectivity index (χ0n) is 16.1. The number of rotatable bonds is 5. The van der Waals surface area contributed by atoms with Gasteiger partial charge < -0.3 is 14.4 Å². The number of imidazole rings is 1. The van der Waals surface area contributed by atoms with Gasteiger partial charge in [0.05, 0.1) is 6.20 Å². The molecule has 0 saturated heterocycles. The van der Waals surface area contributed by atoms with E-state index in [0.717, 1.165) is 11.3 Å². The van der Waals surface area contributed by atoms with Gasteiger partial charge in [-0.2, -0.15) is 5.10 Å². The molecule has 148 valence electrons.